The van der Waals surface area contributed by atoms with Crippen LogP contribution in [0, 0.1) is 0 Å². The fourth-order valence-corrected chi connectivity index (χ4v) is 1.84. The van der Waals surface area contributed by atoms with E-state index in [1.807, 2.05) is 25.1 Å². The van der Waals surface area contributed by atoms with Gasteiger partial charge in [0, 0.05) is 11.3 Å². The highest BCUT2D eigenvalue weighted by Crippen LogP contribution is 2.05. The first-order chi connectivity index (χ1) is 9.24. The number of unbranched alkanes of at least 4 members (excludes halogenated alkanes) is 4. The highest BCUT2D eigenvalue weighted by Gasteiger charge is 2.02. The van der Waals surface area contributed by atoms with Crippen molar-refractivity contribution in [2.75, 3.05) is 0 Å². The molecule has 1 aromatic rings. The fraction of sp³-hybridized carbons (Fsp3) is 0.500. The van der Waals surface area contributed by atoms with E-state index in [1.165, 1.54) is 25.7 Å². The van der Waals surface area contributed by atoms with Crippen molar-refractivity contribution in [2.24, 2.45) is 5.10 Å². The van der Waals surface area contributed by atoms with Gasteiger partial charge in [-0.05, 0) is 31.9 Å². The summed E-state index contributed by atoms with van der Waals surface area (Å²) >= 11 is 0. The lowest BCUT2D eigenvalue weighted by atomic mass is 10.1. The number of hydrogen-bond acceptors (Lipinski definition) is 2. The molecule has 104 valence electrons. The molecule has 0 spiro atoms. The zero-order valence-corrected chi connectivity index (χ0v) is 12.0. The first-order valence-electron chi connectivity index (χ1n) is 7.12. The summed E-state index contributed by atoms with van der Waals surface area (Å²) in [6.45, 7) is 4.18. The Morgan fingerprint density at radius 2 is 1.79 bits per heavy atom. The van der Waals surface area contributed by atoms with Gasteiger partial charge in [0.1, 0.15) is 0 Å². The predicted molar refractivity (Wildman–Crippen MR) is 80.4 cm³/mol. The lowest BCUT2D eigenvalue weighted by Crippen LogP contribution is -2.18. The number of nitrogens with zero attached hydrogens (tertiary/aromatic N) is 1. The topological polar surface area (TPSA) is 41.5 Å². The smallest absolute Gasteiger partial charge is 0.267 e. The highest BCUT2D eigenvalue weighted by molar-refractivity contribution is 5.95. The van der Waals surface area contributed by atoms with Crippen molar-refractivity contribution in [3.05, 3.63) is 35.9 Å². The molecule has 3 nitrogen and oxygen atoms in total. The summed E-state index contributed by atoms with van der Waals surface area (Å²) in [6, 6.07) is 9.15. The van der Waals surface area contributed by atoms with Gasteiger partial charge in [0.15, 0.2) is 0 Å². The van der Waals surface area contributed by atoms with Gasteiger partial charge in [0.05, 0.1) is 0 Å². The fourth-order valence-electron chi connectivity index (χ4n) is 1.84. The monoisotopic (exact) mass is 260 g/mol. The van der Waals surface area contributed by atoms with E-state index in [9.17, 15) is 4.79 Å². The minimum Gasteiger partial charge on any atom is -0.267 e. The third-order valence-corrected chi connectivity index (χ3v) is 3.03. The van der Waals surface area contributed by atoms with E-state index in [0.29, 0.717) is 5.56 Å². The van der Waals surface area contributed by atoms with Crippen molar-refractivity contribution in [1.82, 2.24) is 5.43 Å². The third kappa shape index (κ3) is 6.75. The summed E-state index contributed by atoms with van der Waals surface area (Å²) in [7, 11) is 0. The van der Waals surface area contributed by atoms with Gasteiger partial charge < -0.3 is 0 Å². The van der Waals surface area contributed by atoms with E-state index in [0.717, 1.165) is 18.6 Å². The molecule has 0 radical (unpaired) electrons. The molecule has 0 saturated heterocycles. The van der Waals surface area contributed by atoms with Crippen LogP contribution in [0.3, 0.4) is 0 Å². The molecule has 1 aromatic carbocycles. The van der Waals surface area contributed by atoms with Gasteiger partial charge in [-0.2, -0.15) is 5.10 Å². The second-order valence-corrected chi connectivity index (χ2v) is 4.82. The van der Waals surface area contributed by atoms with E-state index in [4.69, 9.17) is 0 Å². The summed E-state index contributed by atoms with van der Waals surface area (Å²) in [5.74, 6) is -0.147. The maximum Gasteiger partial charge on any atom is 0.271 e. The number of amides is 1. The summed E-state index contributed by atoms with van der Waals surface area (Å²) < 4.78 is 0. The van der Waals surface area contributed by atoms with Crippen LogP contribution in [0.15, 0.2) is 35.4 Å². The van der Waals surface area contributed by atoms with Crippen molar-refractivity contribution in [1.29, 1.82) is 0 Å². The minimum atomic E-state index is -0.147. The Balaban J connectivity index is 2.25. The Morgan fingerprint density at radius 1 is 1.11 bits per heavy atom. The number of carbonyl (C=O) groups excluding carboxylic acids is 1. The lowest BCUT2D eigenvalue weighted by Gasteiger charge is -2.03. The van der Waals surface area contributed by atoms with Gasteiger partial charge in [-0.3, -0.25) is 4.79 Å². The van der Waals surface area contributed by atoms with E-state index in [-0.39, 0.29) is 5.91 Å². The van der Waals surface area contributed by atoms with Gasteiger partial charge in [0.25, 0.3) is 5.91 Å². The van der Waals surface area contributed by atoms with Crippen LogP contribution in [0.2, 0.25) is 0 Å². The quantitative estimate of drug-likeness (QED) is 0.426. The summed E-state index contributed by atoms with van der Waals surface area (Å²) in [5.41, 5.74) is 4.23. The van der Waals surface area contributed by atoms with Crippen LogP contribution in [0.4, 0.5) is 0 Å². The molecule has 0 unspecified atom stereocenters. The molecule has 19 heavy (non-hydrogen) atoms. The largest absolute Gasteiger partial charge is 0.271 e. The molecule has 0 saturated carbocycles. The van der Waals surface area contributed by atoms with Gasteiger partial charge in [0.2, 0.25) is 0 Å². The van der Waals surface area contributed by atoms with Crippen molar-refractivity contribution in [3.8, 4) is 0 Å². The van der Waals surface area contributed by atoms with Crippen LogP contribution in [-0.4, -0.2) is 11.6 Å². The number of nitrogens with one attached hydrogen (secondary N) is 1. The molecule has 0 atom stereocenters. The normalized spacial score (nSPS) is 11.4. The molecular weight excluding hydrogens is 236 g/mol. The first-order valence-corrected chi connectivity index (χ1v) is 7.12. The molecule has 0 heterocycles. The first kappa shape index (κ1) is 15.4. The molecular formula is C16H24N2O. The van der Waals surface area contributed by atoms with Gasteiger partial charge >= 0.3 is 0 Å². The standard InChI is InChI=1S/C16H24N2O/c1-3-4-5-6-8-11-14(2)17-18-16(19)15-12-9-7-10-13-15/h7,9-10,12-13H,3-6,8,11H2,1-2H3,(H,18,19). The zero-order chi connectivity index (χ0) is 13.9. The Kier molecular flexibility index (Phi) is 7.56. The molecule has 0 fully saturated rings. The molecule has 0 aliphatic carbocycles. The van der Waals surface area contributed by atoms with Crippen LogP contribution < -0.4 is 5.43 Å². The van der Waals surface area contributed by atoms with E-state index in [2.05, 4.69) is 17.5 Å². The van der Waals surface area contributed by atoms with Crippen LogP contribution >= 0.6 is 0 Å². The van der Waals surface area contributed by atoms with Crippen molar-refractivity contribution in [2.45, 2.75) is 52.4 Å². The molecule has 0 aliphatic rings. The third-order valence-electron chi connectivity index (χ3n) is 3.03. The highest BCUT2D eigenvalue weighted by atomic mass is 16.2. The average Bonchev–Trinajstić information content (AvgIpc) is 2.45. The minimum absolute atomic E-state index is 0.147. The van der Waals surface area contributed by atoms with Gasteiger partial charge in [-0.25, -0.2) is 5.43 Å². The van der Waals surface area contributed by atoms with Gasteiger partial charge in [-0.1, -0.05) is 50.8 Å². The van der Waals surface area contributed by atoms with E-state index < -0.39 is 0 Å². The zero-order valence-electron chi connectivity index (χ0n) is 12.0. The number of rotatable bonds is 8. The van der Waals surface area contributed by atoms with Crippen LogP contribution in [0.1, 0.15) is 62.7 Å². The molecule has 1 N–H and O–H groups in total. The Morgan fingerprint density at radius 3 is 2.47 bits per heavy atom. The average molecular weight is 260 g/mol. The molecule has 1 rings (SSSR count). The second-order valence-electron chi connectivity index (χ2n) is 4.82. The number of benzene rings is 1. The van der Waals surface area contributed by atoms with Crippen LogP contribution in [0.25, 0.3) is 0 Å². The Bertz CT molecular complexity index is 398. The van der Waals surface area contributed by atoms with Crippen molar-refractivity contribution in [3.63, 3.8) is 0 Å². The molecule has 0 aliphatic heterocycles. The Hall–Kier alpha value is -1.64. The van der Waals surface area contributed by atoms with Crippen LogP contribution in [0.5, 0.6) is 0 Å². The lowest BCUT2D eigenvalue weighted by molar-refractivity contribution is 0.0954. The summed E-state index contributed by atoms with van der Waals surface area (Å²) in [4.78, 5) is 11.7. The number of carbonyl (C=O) groups is 1. The Labute approximate surface area is 116 Å². The van der Waals surface area contributed by atoms with Crippen LogP contribution in [-0.2, 0) is 0 Å². The number of hydrogen-bond donors (Lipinski definition) is 1. The maximum atomic E-state index is 11.7. The number of hydrazone groups is 1. The van der Waals surface area contributed by atoms with Gasteiger partial charge in [-0.15, -0.1) is 0 Å². The molecule has 1 amide bonds. The molecule has 3 heteroatoms. The second kappa shape index (κ2) is 9.31. The molecule has 0 bridgehead atoms. The van der Waals surface area contributed by atoms with Crippen molar-refractivity contribution >= 4 is 11.6 Å². The summed E-state index contributed by atoms with van der Waals surface area (Å²) in [5, 5.41) is 4.14. The molecule has 0 aromatic heterocycles. The summed E-state index contributed by atoms with van der Waals surface area (Å²) in [6.07, 6.45) is 7.21. The van der Waals surface area contributed by atoms with E-state index in [1.54, 1.807) is 12.1 Å². The SMILES string of the molecule is CCCCCCCC(C)=NNC(=O)c1ccccc1. The predicted octanol–water partition coefficient (Wildman–Crippen LogP) is 4.15. The van der Waals surface area contributed by atoms with E-state index >= 15 is 0 Å². The van der Waals surface area contributed by atoms with Crippen molar-refractivity contribution < 1.29 is 4.79 Å². The maximum absolute atomic E-state index is 11.7.